The second-order valence-corrected chi connectivity index (χ2v) is 5.89. The van der Waals surface area contributed by atoms with Crippen LogP contribution in [-0.4, -0.2) is 26.7 Å². The van der Waals surface area contributed by atoms with Gasteiger partial charge < -0.3 is 5.32 Å². The van der Waals surface area contributed by atoms with Crippen LogP contribution in [0.3, 0.4) is 0 Å². The van der Waals surface area contributed by atoms with Crippen LogP contribution in [0.2, 0.25) is 0 Å². The number of carbonyl (C=O) groups is 1. The van der Waals surface area contributed by atoms with E-state index < -0.39 is 0 Å². The van der Waals surface area contributed by atoms with E-state index in [1.807, 2.05) is 18.4 Å². The zero-order valence-corrected chi connectivity index (χ0v) is 12.7. The van der Waals surface area contributed by atoms with Crippen molar-refractivity contribution in [3.05, 3.63) is 39.5 Å². The molecule has 2 heterocycles. The Labute approximate surface area is 123 Å². The third kappa shape index (κ3) is 4.60. The van der Waals surface area contributed by atoms with Crippen LogP contribution < -0.4 is 5.32 Å². The molecule has 19 heavy (non-hydrogen) atoms. The van der Waals surface area contributed by atoms with Gasteiger partial charge in [-0.15, -0.1) is 11.3 Å². The van der Waals surface area contributed by atoms with Crippen molar-refractivity contribution in [3.63, 3.8) is 0 Å². The number of nitrogens with one attached hydrogen (secondary N) is 1. The monoisotopic (exact) mass is 340 g/mol. The largest absolute Gasteiger partial charge is 0.348 e. The maximum absolute atomic E-state index is 11.7. The van der Waals surface area contributed by atoms with Crippen LogP contribution in [0.1, 0.15) is 11.8 Å². The first kappa shape index (κ1) is 14.0. The molecule has 0 fully saturated rings. The van der Waals surface area contributed by atoms with Crippen molar-refractivity contribution in [2.45, 2.75) is 19.5 Å². The molecule has 0 spiro atoms. The molecule has 0 bridgehead atoms. The minimum atomic E-state index is -0.114. The van der Waals surface area contributed by atoms with Gasteiger partial charge in [-0.05, 0) is 35.0 Å². The highest BCUT2D eigenvalue weighted by Gasteiger charge is 2.05. The number of hydrogen-bond donors (Lipinski definition) is 1. The number of nitrogens with zero attached hydrogens (tertiary/aromatic N) is 3. The number of carbonyl (C=O) groups excluding carboxylic acids is 1. The van der Waals surface area contributed by atoms with Crippen molar-refractivity contribution in [1.29, 1.82) is 0 Å². The van der Waals surface area contributed by atoms with E-state index >= 15 is 0 Å². The van der Waals surface area contributed by atoms with Crippen LogP contribution in [0.25, 0.3) is 6.08 Å². The van der Waals surface area contributed by atoms with Gasteiger partial charge in [0, 0.05) is 26.8 Å². The van der Waals surface area contributed by atoms with Gasteiger partial charge in [-0.25, -0.2) is 4.98 Å². The summed E-state index contributed by atoms with van der Waals surface area (Å²) in [6.45, 7) is 2.53. The Kier molecular flexibility index (Phi) is 4.86. The minimum Gasteiger partial charge on any atom is -0.348 e. The summed E-state index contributed by atoms with van der Waals surface area (Å²) in [5.74, 6) is -0.114. The van der Waals surface area contributed by atoms with Gasteiger partial charge in [0.2, 0.25) is 5.91 Å². The van der Waals surface area contributed by atoms with Gasteiger partial charge in [0.25, 0.3) is 0 Å². The summed E-state index contributed by atoms with van der Waals surface area (Å²) in [5, 5.41) is 8.84. The van der Waals surface area contributed by atoms with Crippen LogP contribution in [0, 0.1) is 0 Å². The lowest BCUT2D eigenvalue weighted by Gasteiger charge is -2.11. The molecule has 1 amide bonds. The fraction of sp³-hybridized carbons (Fsp3) is 0.250. The van der Waals surface area contributed by atoms with Crippen molar-refractivity contribution in [2.24, 2.45) is 0 Å². The van der Waals surface area contributed by atoms with Gasteiger partial charge in [0.1, 0.15) is 12.7 Å². The van der Waals surface area contributed by atoms with Crippen molar-refractivity contribution in [2.75, 3.05) is 0 Å². The van der Waals surface area contributed by atoms with Crippen LogP contribution in [-0.2, 0) is 11.3 Å². The molecule has 0 unspecified atom stereocenters. The topological polar surface area (TPSA) is 59.8 Å². The molecule has 0 aliphatic heterocycles. The zero-order chi connectivity index (χ0) is 13.7. The zero-order valence-electron chi connectivity index (χ0n) is 10.3. The van der Waals surface area contributed by atoms with Crippen molar-refractivity contribution < 1.29 is 4.79 Å². The molecule has 0 aliphatic rings. The molecular formula is C12H13BrN4OS. The summed E-state index contributed by atoms with van der Waals surface area (Å²) in [7, 11) is 0. The highest BCUT2D eigenvalue weighted by molar-refractivity contribution is 9.10. The number of rotatable bonds is 5. The van der Waals surface area contributed by atoms with Crippen LogP contribution in [0.4, 0.5) is 0 Å². The first-order chi connectivity index (χ1) is 9.13. The lowest BCUT2D eigenvalue weighted by atomic mass is 10.3. The summed E-state index contributed by atoms with van der Waals surface area (Å²) in [6.07, 6.45) is 6.44. The summed E-state index contributed by atoms with van der Waals surface area (Å²) in [4.78, 5) is 16.6. The normalized spacial score (nSPS) is 12.7. The van der Waals surface area contributed by atoms with Crippen molar-refractivity contribution >= 4 is 39.2 Å². The molecule has 1 atom stereocenters. The molecule has 5 nitrogen and oxygen atoms in total. The number of amides is 1. The Morgan fingerprint density at radius 1 is 1.68 bits per heavy atom. The third-order valence-corrected chi connectivity index (χ3v) is 3.96. The second kappa shape index (κ2) is 6.63. The molecule has 2 aromatic rings. The molecule has 100 valence electrons. The number of hydrogen-bond acceptors (Lipinski definition) is 4. The quantitative estimate of drug-likeness (QED) is 0.849. The predicted molar refractivity (Wildman–Crippen MR) is 78.7 cm³/mol. The second-order valence-electron chi connectivity index (χ2n) is 4.03. The first-order valence-corrected chi connectivity index (χ1v) is 7.36. The Morgan fingerprint density at radius 3 is 3.16 bits per heavy atom. The average molecular weight is 341 g/mol. The van der Waals surface area contributed by atoms with Crippen LogP contribution >= 0.6 is 27.3 Å². The average Bonchev–Trinajstić information content (AvgIpc) is 2.98. The predicted octanol–water partition coefficient (Wildman–Crippen LogP) is 2.32. The fourth-order valence-electron chi connectivity index (χ4n) is 1.52. The van der Waals surface area contributed by atoms with Crippen LogP contribution in [0.5, 0.6) is 0 Å². The van der Waals surface area contributed by atoms with E-state index in [4.69, 9.17) is 0 Å². The van der Waals surface area contributed by atoms with E-state index in [9.17, 15) is 4.79 Å². The third-order valence-electron chi connectivity index (χ3n) is 2.30. The molecular weight excluding hydrogens is 328 g/mol. The first-order valence-electron chi connectivity index (χ1n) is 5.68. The van der Waals surface area contributed by atoms with E-state index in [-0.39, 0.29) is 11.9 Å². The Morgan fingerprint density at radius 2 is 2.53 bits per heavy atom. The van der Waals surface area contributed by atoms with E-state index in [1.54, 1.807) is 28.4 Å². The van der Waals surface area contributed by atoms with Gasteiger partial charge in [0.15, 0.2) is 0 Å². The molecule has 0 saturated carbocycles. The molecule has 0 saturated heterocycles. The lowest BCUT2D eigenvalue weighted by Crippen LogP contribution is -2.34. The molecule has 0 radical (unpaired) electrons. The molecule has 0 aliphatic carbocycles. The van der Waals surface area contributed by atoms with Crippen molar-refractivity contribution in [3.8, 4) is 0 Å². The Bertz CT molecular complexity index is 564. The van der Waals surface area contributed by atoms with E-state index in [1.165, 1.54) is 12.4 Å². The van der Waals surface area contributed by atoms with Gasteiger partial charge in [-0.3, -0.25) is 9.48 Å². The molecule has 2 aromatic heterocycles. The molecule has 2 rings (SSSR count). The van der Waals surface area contributed by atoms with Crippen molar-refractivity contribution in [1.82, 2.24) is 20.1 Å². The Balaban J connectivity index is 1.82. The molecule has 7 heteroatoms. The van der Waals surface area contributed by atoms with Crippen LogP contribution in [0.15, 0.2) is 34.6 Å². The van der Waals surface area contributed by atoms with E-state index in [0.29, 0.717) is 6.54 Å². The smallest absolute Gasteiger partial charge is 0.244 e. The summed E-state index contributed by atoms with van der Waals surface area (Å²) < 4.78 is 2.71. The Hall–Kier alpha value is -1.47. The lowest BCUT2D eigenvalue weighted by molar-refractivity contribution is -0.117. The summed E-state index contributed by atoms with van der Waals surface area (Å²) in [5.41, 5.74) is 0. The van der Waals surface area contributed by atoms with E-state index in [2.05, 4.69) is 31.3 Å². The number of halogens is 1. The highest BCUT2D eigenvalue weighted by Crippen LogP contribution is 2.20. The number of aromatic nitrogens is 3. The maximum atomic E-state index is 11.7. The van der Waals surface area contributed by atoms with E-state index in [0.717, 1.165) is 9.35 Å². The molecule has 0 aromatic carbocycles. The minimum absolute atomic E-state index is 0.00563. The standard InChI is InChI=1S/C12H13BrN4OS/c1-9(5-17-8-14-7-15-17)16-12(18)3-2-11-4-10(13)6-19-11/h2-4,6-9H,5H2,1H3,(H,16,18)/b3-2+/t9-/m0/s1. The van der Waals surface area contributed by atoms with Gasteiger partial charge >= 0.3 is 0 Å². The molecule has 1 N–H and O–H groups in total. The van der Waals surface area contributed by atoms with Gasteiger partial charge in [-0.2, -0.15) is 5.10 Å². The van der Waals surface area contributed by atoms with Gasteiger partial charge in [0.05, 0.1) is 6.54 Å². The fourth-order valence-corrected chi connectivity index (χ4v) is 2.85. The number of thiophene rings is 1. The summed E-state index contributed by atoms with van der Waals surface area (Å²) in [6, 6.07) is 1.96. The summed E-state index contributed by atoms with van der Waals surface area (Å²) >= 11 is 4.95. The van der Waals surface area contributed by atoms with Gasteiger partial charge in [-0.1, -0.05) is 0 Å². The maximum Gasteiger partial charge on any atom is 0.244 e. The SMILES string of the molecule is C[C@@H](Cn1cncn1)NC(=O)/C=C/c1cc(Br)cs1. The highest BCUT2D eigenvalue weighted by atomic mass is 79.9.